The molecule has 14 heavy (non-hydrogen) atoms. The lowest BCUT2D eigenvalue weighted by atomic mass is 9.89. The number of rotatable bonds is 5. The average Bonchev–Trinajstić information content (AvgIpc) is 2.65. The summed E-state index contributed by atoms with van der Waals surface area (Å²) in [5, 5.41) is 6.67. The third kappa shape index (κ3) is 3.07. The molecule has 80 valence electrons. The second-order valence-corrected chi connectivity index (χ2v) is 5.11. The Hall–Kier alpha value is -0.410. The highest BCUT2D eigenvalue weighted by molar-refractivity contribution is 7.09. The van der Waals surface area contributed by atoms with Crippen molar-refractivity contribution in [3.63, 3.8) is 0 Å². The standard InChI is InChI=1S/C11H20N2S/c1-8(2)9(3)10(12-4)7-11-13-5-6-14-11/h5-6,8-10,12H,7H2,1-4H3. The minimum Gasteiger partial charge on any atom is -0.316 e. The Labute approximate surface area is 90.8 Å². The van der Waals surface area contributed by atoms with E-state index in [4.69, 9.17) is 0 Å². The van der Waals surface area contributed by atoms with E-state index in [2.05, 4.69) is 31.1 Å². The van der Waals surface area contributed by atoms with E-state index in [0.717, 1.165) is 6.42 Å². The zero-order chi connectivity index (χ0) is 10.6. The zero-order valence-electron chi connectivity index (χ0n) is 9.45. The number of nitrogens with zero attached hydrogens (tertiary/aromatic N) is 1. The maximum Gasteiger partial charge on any atom is 0.0940 e. The molecule has 2 unspecified atom stereocenters. The quantitative estimate of drug-likeness (QED) is 0.811. The minimum atomic E-state index is 0.543. The molecule has 1 heterocycles. The molecule has 1 aromatic heterocycles. The molecule has 1 N–H and O–H groups in total. The van der Waals surface area contributed by atoms with E-state index >= 15 is 0 Å². The van der Waals surface area contributed by atoms with E-state index in [9.17, 15) is 0 Å². The zero-order valence-corrected chi connectivity index (χ0v) is 10.3. The third-order valence-corrected chi connectivity index (χ3v) is 3.74. The van der Waals surface area contributed by atoms with Crippen LogP contribution in [0.25, 0.3) is 0 Å². The molecular formula is C11H20N2S. The molecular weight excluding hydrogens is 192 g/mol. The van der Waals surface area contributed by atoms with Gasteiger partial charge in [0.1, 0.15) is 0 Å². The van der Waals surface area contributed by atoms with Gasteiger partial charge in [-0.15, -0.1) is 11.3 Å². The van der Waals surface area contributed by atoms with Gasteiger partial charge in [0.15, 0.2) is 0 Å². The number of hydrogen-bond donors (Lipinski definition) is 1. The van der Waals surface area contributed by atoms with Gasteiger partial charge in [0, 0.05) is 24.0 Å². The molecule has 0 bridgehead atoms. The number of aromatic nitrogens is 1. The van der Waals surface area contributed by atoms with Crippen molar-refractivity contribution in [3.05, 3.63) is 16.6 Å². The summed E-state index contributed by atoms with van der Waals surface area (Å²) in [6.45, 7) is 6.85. The van der Waals surface area contributed by atoms with Crippen molar-refractivity contribution in [1.82, 2.24) is 10.3 Å². The summed E-state index contributed by atoms with van der Waals surface area (Å²) in [6, 6.07) is 0.543. The van der Waals surface area contributed by atoms with E-state index in [-0.39, 0.29) is 0 Å². The monoisotopic (exact) mass is 212 g/mol. The summed E-state index contributed by atoms with van der Waals surface area (Å²) in [5.74, 6) is 1.40. The third-order valence-electron chi connectivity index (χ3n) is 2.94. The molecule has 0 radical (unpaired) electrons. The van der Waals surface area contributed by atoms with Gasteiger partial charge in [0.05, 0.1) is 5.01 Å². The van der Waals surface area contributed by atoms with E-state index in [1.165, 1.54) is 5.01 Å². The van der Waals surface area contributed by atoms with Crippen LogP contribution in [0.3, 0.4) is 0 Å². The van der Waals surface area contributed by atoms with Crippen LogP contribution in [-0.2, 0) is 6.42 Å². The highest BCUT2D eigenvalue weighted by Gasteiger charge is 2.19. The number of hydrogen-bond acceptors (Lipinski definition) is 3. The summed E-state index contributed by atoms with van der Waals surface area (Å²) < 4.78 is 0. The summed E-state index contributed by atoms with van der Waals surface area (Å²) in [7, 11) is 2.04. The van der Waals surface area contributed by atoms with Crippen LogP contribution < -0.4 is 5.32 Å². The highest BCUT2D eigenvalue weighted by atomic mass is 32.1. The Bertz CT molecular complexity index is 244. The van der Waals surface area contributed by atoms with Crippen molar-refractivity contribution < 1.29 is 0 Å². The van der Waals surface area contributed by atoms with Crippen molar-refractivity contribution in [2.45, 2.75) is 33.2 Å². The fourth-order valence-corrected chi connectivity index (χ4v) is 2.23. The molecule has 0 aromatic carbocycles. The topological polar surface area (TPSA) is 24.9 Å². The van der Waals surface area contributed by atoms with Gasteiger partial charge in [-0.25, -0.2) is 4.98 Å². The van der Waals surface area contributed by atoms with Gasteiger partial charge >= 0.3 is 0 Å². The summed E-state index contributed by atoms with van der Waals surface area (Å²) >= 11 is 1.74. The van der Waals surface area contributed by atoms with Crippen molar-refractivity contribution in [1.29, 1.82) is 0 Å². The minimum absolute atomic E-state index is 0.543. The van der Waals surface area contributed by atoms with Gasteiger partial charge in [0.2, 0.25) is 0 Å². The number of thiazole rings is 1. The summed E-state index contributed by atoms with van der Waals surface area (Å²) in [5.41, 5.74) is 0. The SMILES string of the molecule is CNC(Cc1nccs1)C(C)C(C)C. The normalized spacial score (nSPS) is 15.8. The molecule has 0 fully saturated rings. The molecule has 0 spiro atoms. The van der Waals surface area contributed by atoms with Crippen molar-refractivity contribution in [2.24, 2.45) is 11.8 Å². The second-order valence-electron chi connectivity index (χ2n) is 4.13. The maximum absolute atomic E-state index is 4.32. The van der Waals surface area contributed by atoms with Gasteiger partial charge in [0.25, 0.3) is 0 Å². The van der Waals surface area contributed by atoms with Crippen molar-refractivity contribution in [3.8, 4) is 0 Å². The first kappa shape index (κ1) is 11.7. The Morgan fingerprint density at radius 2 is 2.14 bits per heavy atom. The molecule has 0 saturated heterocycles. The van der Waals surface area contributed by atoms with Crippen LogP contribution in [0.5, 0.6) is 0 Å². The highest BCUT2D eigenvalue weighted by Crippen LogP contribution is 2.18. The van der Waals surface area contributed by atoms with Crippen LogP contribution in [0.2, 0.25) is 0 Å². The lowest BCUT2D eigenvalue weighted by Crippen LogP contribution is -2.36. The molecule has 0 saturated carbocycles. The Balaban J connectivity index is 2.55. The lowest BCUT2D eigenvalue weighted by molar-refractivity contribution is 0.309. The Morgan fingerprint density at radius 1 is 1.43 bits per heavy atom. The fraction of sp³-hybridized carbons (Fsp3) is 0.727. The van der Waals surface area contributed by atoms with E-state index < -0.39 is 0 Å². The Kier molecular flexibility index (Phi) is 4.55. The first-order valence-electron chi connectivity index (χ1n) is 5.20. The smallest absolute Gasteiger partial charge is 0.0940 e. The van der Waals surface area contributed by atoms with Gasteiger partial charge in [-0.3, -0.25) is 0 Å². The van der Waals surface area contributed by atoms with Gasteiger partial charge in [-0.2, -0.15) is 0 Å². The summed E-state index contributed by atoms with van der Waals surface area (Å²) in [6.07, 6.45) is 2.93. The molecule has 1 aromatic rings. The van der Waals surface area contributed by atoms with Crippen LogP contribution >= 0.6 is 11.3 Å². The van der Waals surface area contributed by atoms with E-state index in [0.29, 0.717) is 17.9 Å². The first-order chi connectivity index (χ1) is 6.65. The molecule has 0 aliphatic carbocycles. The van der Waals surface area contributed by atoms with Gasteiger partial charge < -0.3 is 5.32 Å². The van der Waals surface area contributed by atoms with E-state index in [1.54, 1.807) is 11.3 Å². The van der Waals surface area contributed by atoms with Crippen LogP contribution in [0, 0.1) is 11.8 Å². The van der Waals surface area contributed by atoms with Crippen LogP contribution in [-0.4, -0.2) is 18.1 Å². The molecule has 2 atom stereocenters. The largest absolute Gasteiger partial charge is 0.316 e. The molecule has 0 aliphatic heterocycles. The predicted molar refractivity (Wildman–Crippen MR) is 62.7 cm³/mol. The van der Waals surface area contributed by atoms with Crippen LogP contribution in [0.1, 0.15) is 25.8 Å². The van der Waals surface area contributed by atoms with Crippen molar-refractivity contribution in [2.75, 3.05) is 7.05 Å². The van der Waals surface area contributed by atoms with Crippen LogP contribution in [0.4, 0.5) is 0 Å². The predicted octanol–water partition coefficient (Wildman–Crippen LogP) is 2.57. The molecule has 3 heteroatoms. The van der Waals surface area contributed by atoms with Crippen molar-refractivity contribution >= 4 is 11.3 Å². The van der Waals surface area contributed by atoms with E-state index in [1.807, 2.05) is 18.6 Å². The fourth-order valence-electron chi connectivity index (χ4n) is 1.56. The first-order valence-corrected chi connectivity index (χ1v) is 6.08. The Morgan fingerprint density at radius 3 is 2.57 bits per heavy atom. The maximum atomic E-state index is 4.32. The van der Waals surface area contributed by atoms with Gasteiger partial charge in [-0.05, 0) is 18.9 Å². The average molecular weight is 212 g/mol. The second kappa shape index (κ2) is 5.47. The van der Waals surface area contributed by atoms with Crippen LogP contribution in [0.15, 0.2) is 11.6 Å². The number of likely N-dealkylation sites (N-methyl/N-ethyl adjacent to an activating group) is 1. The molecule has 0 amide bonds. The molecule has 1 rings (SSSR count). The lowest BCUT2D eigenvalue weighted by Gasteiger charge is -2.25. The van der Waals surface area contributed by atoms with Gasteiger partial charge in [-0.1, -0.05) is 20.8 Å². The summed E-state index contributed by atoms with van der Waals surface area (Å²) in [4.78, 5) is 4.32. The molecule has 0 aliphatic rings. The molecule has 2 nitrogen and oxygen atoms in total. The number of nitrogens with one attached hydrogen (secondary N) is 1.